The fourth-order valence-corrected chi connectivity index (χ4v) is 2.87. The lowest BCUT2D eigenvalue weighted by molar-refractivity contribution is 0.0720. The molecule has 0 radical (unpaired) electrons. The normalized spacial score (nSPS) is 23.3. The Kier molecular flexibility index (Phi) is 6.45. The van der Waals surface area contributed by atoms with Crippen LogP contribution >= 0.6 is 0 Å². The lowest BCUT2D eigenvalue weighted by Gasteiger charge is -2.38. The van der Waals surface area contributed by atoms with Crippen molar-refractivity contribution in [3.63, 3.8) is 0 Å². The van der Waals surface area contributed by atoms with Crippen LogP contribution in [0.2, 0.25) is 0 Å². The topological polar surface area (TPSA) is 24.5 Å². The molecular weight excluding hydrogens is 212 g/mol. The highest BCUT2D eigenvalue weighted by Crippen LogP contribution is 2.22. The van der Waals surface area contributed by atoms with Gasteiger partial charge in [0, 0.05) is 25.2 Å². The summed E-state index contributed by atoms with van der Waals surface area (Å²) in [4.78, 5) is 2.64. The second-order valence-corrected chi connectivity index (χ2v) is 5.26. The highest BCUT2D eigenvalue weighted by Gasteiger charge is 2.32. The fourth-order valence-electron chi connectivity index (χ4n) is 2.87. The molecule has 0 saturated carbocycles. The Morgan fingerprint density at radius 2 is 2.00 bits per heavy atom. The number of hydrogen-bond donors (Lipinski definition) is 1. The zero-order valence-electron chi connectivity index (χ0n) is 12.1. The molecule has 102 valence electrons. The number of rotatable bonds is 6. The van der Waals surface area contributed by atoms with E-state index in [1.165, 1.54) is 38.8 Å². The van der Waals surface area contributed by atoms with Crippen molar-refractivity contribution in [3.8, 4) is 0 Å². The van der Waals surface area contributed by atoms with Crippen molar-refractivity contribution >= 4 is 0 Å². The molecule has 0 aromatic carbocycles. The summed E-state index contributed by atoms with van der Waals surface area (Å²) in [6.45, 7) is 11.3. The van der Waals surface area contributed by atoms with Gasteiger partial charge in [0.15, 0.2) is 0 Å². The smallest absolute Gasteiger partial charge is 0.0617 e. The summed E-state index contributed by atoms with van der Waals surface area (Å²) >= 11 is 0. The molecule has 0 bridgehead atoms. The van der Waals surface area contributed by atoms with E-state index in [4.69, 9.17) is 4.74 Å². The lowest BCUT2D eigenvalue weighted by atomic mass is 9.92. The van der Waals surface area contributed by atoms with E-state index in [0.29, 0.717) is 11.6 Å². The van der Waals surface area contributed by atoms with Crippen LogP contribution in [0.4, 0.5) is 0 Å². The van der Waals surface area contributed by atoms with Crippen LogP contribution in [0.5, 0.6) is 0 Å². The van der Waals surface area contributed by atoms with Gasteiger partial charge in [-0.15, -0.1) is 0 Å². The van der Waals surface area contributed by atoms with Gasteiger partial charge in [-0.05, 0) is 38.8 Å². The zero-order valence-corrected chi connectivity index (χ0v) is 12.1. The standard InChI is InChI=1S/C14H30N2O/c1-5-13(11-17-4)16-10-8-9-15-14(6-2,7-3)12-16/h13,15H,5-12H2,1-4H3. The first-order valence-corrected chi connectivity index (χ1v) is 7.19. The molecule has 1 heterocycles. The molecule has 0 aromatic rings. The largest absolute Gasteiger partial charge is 0.383 e. The van der Waals surface area contributed by atoms with E-state index >= 15 is 0 Å². The maximum absolute atomic E-state index is 5.36. The Hall–Kier alpha value is -0.120. The van der Waals surface area contributed by atoms with Gasteiger partial charge in [-0.25, -0.2) is 0 Å². The van der Waals surface area contributed by atoms with Gasteiger partial charge >= 0.3 is 0 Å². The molecule has 1 saturated heterocycles. The Balaban J connectivity index is 2.70. The Labute approximate surface area is 107 Å². The number of nitrogens with zero attached hydrogens (tertiary/aromatic N) is 1. The van der Waals surface area contributed by atoms with E-state index in [9.17, 15) is 0 Å². The van der Waals surface area contributed by atoms with Gasteiger partial charge in [0.1, 0.15) is 0 Å². The van der Waals surface area contributed by atoms with Gasteiger partial charge in [-0.3, -0.25) is 4.90 Å². The third-order valence-electron chi connectivity index (χ3n) is 4.33. The van der Waals surface area contributed by atoms with Crippen LogP contribution in [-0.2, 0) is 4.74 Å². The van der Waals surface area contributed by atoms with Crippen LogP contribution in [0.1, 0.15) is 46.5 Å². The van der Waals surface area contributed by atoms with E-state index in [-0.39, 0.29) is 0 Å². The first-order valence-electron chi connectivity index (χ1n) is 7.19. The minimum Gasteiger partial charge on any atom is -0.383 e. The molecule has 1 aliphatic heterocycles. The average Bonchev–Trinajstić information content (AvgIpc) is 2.59. The van der Waals surface area contributed by atoms with E-state index in [1.807, 2.05) is 7.11 Å². The maximum Gasteiger partial charge on any atom is 0.0617 e. The van der Waals surface area contributed by atoms with Crippen LogP contribution in [0.25, 0.3) is 0 Å². The monoisotopic (exact) mass is 242 g/mol. The van der Waals surface area contributed by atoms with E-state index in [1.54, 1.807) is 0 Å². The number of ether oxygens (including phenoxy) is 1. The van der Waals surface area contributed by atoms with Crippen molar-refractivity contribution in [2.45, 2.75) is 58.0 Å². The molecular formula is C14H30N2O. The summed E-state index contributed by atoms with van der Waals surface area (Å²) in [7, 11) is 1.81. The second kappa shape index (κ2) is 7.34. The molecule has 0 aromatic heterocycles. The molecule has 1 fully saturated rings. The number of hydrogen-bond acceptors (Lipinski definition) is 3. The molecule has 0 spiro atoms. The molecule has 0 amide bonds. The average molecular weight is 242 g/mol. The van der Waals surface area contributed by atoms with E-state index in [0.717, 1.165) is 13.2 Å². The predicted octanol–water partition coefficient (Wildman–Crippen LogP) is 2.27. The van der Waals surface area contributed by atoms with Crippen molar-refractivity contribution in [1.29, 1.82) is 0 Å². The van der Waals surface area contributed by atoms with Crippen molar-refractivity contribution in [1.82, 2.24) is 10.2 Å². The second-order valence-electron chi connectivity index (χ2n) is 5.26. The maximum atomic E-state index is 5.36. The van der Waals surface area contributed by atoms with Gasteiger partial charge in [0.05, 0.1) is 6.61 Å². The number of nitrogens with one attached hydrogen (secondary N) is 1. The third kappa shape index (κ3) is 3.94. The van der Waals surface area contributed by atoms with Crippen LogP contribution in [0.3, 0.4) is 0 Å². The minimum absolute atomic E-state index is 0.317. The fraction of sp³-hybridized carbons (Fsp3) is 1.00. The molecule has 0 aliphatic carbocycles. The SMILES string of the molecule is CCC(COC)N1CCCNC(CC)(CC)C1. The minimum atomic E-state index is 0.317. The van der Waals surface area contributed by atoms with Gasteiger partial charge in [0.2, 0.25) is 0 Å². The first kappa shape index (κ1) is 14.9. The Morgan fingerprint density at radius 3 is 2.53 bits per heavy atom. The van der Waals surface area contributed by atoms with E-state index in [2.05, 4.69) is 31.0 Å². The summed E-state index contributed by atoms with van der Waals surface area (Å²) < 4.78 is 5.36. The van der Waals surface area contributed by atoms with Gasteiger partial charge < -0.3 is 10.1 Å². The molecule has 1 N–H and O–H groups in total. The molecule has 3 nitrogen and oxygen atoms in total. The Bertz CT molecular complexity index is 204. The highest BCUT2D eigenvalue weighted by molar-refractivity contribution is 4.92. The summed E-state index contributed by atoms with van der Waals surface area (Å²) in [6.07, 6.45) is 4.85. The van der Waals surface area contributed by atoms with E-state index < -0.39 is 0 Å². The van der Waals surface area contributed by atoms with Crippen molar-refractivity contribution in [2.75, 3.05) is 33.4 Å². The van der Waals surface area contributed by atoms with Gasteiger partial charge in [-0.1, -0.05) is 20.8 Å². The summed E-state index contributed by atoms with van der Waals surface area (Å²) in [5.41, 5.74) is 0.317. The third-order valence-corrected chi connectivity index (χ3v) is 4.33. The Morgan fingerprint density at radius 1 is 1.29 bits per heavy atom. The van der Waals surface area contributed by atoms with Crippen molar-refractivity contribution in [3.05, 3.63) is 0 Å². The number of methoxy groups -OCH3 is 1. The molecule has 1 aliphatic rings. The zero-order chi connectivity index (χ0) is 12.7. The van der Waals surface area contributed by atoms with Crippen molar-refractivity contribution in [2.24, 2.45) is 0 Å². The molecule has 1 unspecified atom stereocenters. The quantitative estimate of drug-likeness (QED) is 0.773. The molecule has 1 rings (SSSR count). The lowest BCUT2D eigenvalue weighted by Crippen LogP contribution is -2.53. The predicted molar refractivity (Wildman–Crippen MR) is 73.5 cm³/mol. The molecule has 3 heteroatoms. The van der Waals surface area contributed by atoms with Crippen LogP contribution < -0.4 is 5.32 Å². The molecule has 1 atom stereocenters. The van der Waals surface area contributed by atoms with Gasteiger partial charge in [0.25, 0.3) is 0 Å². The summed E-state index contributed by atoms with van der Waals surface area (Å²) in [5, 5.41) is 3.76. The molecule has 17 heavy (non-hydrogen) atoms. The summed E-state index contributed by atoms with van der Waals surface area (Å²) in [6, 6.07) is 0.581. The summed E-state index contributed by atoms with van der Waals surface area (Å²) in [5.74, 6) is 0. The van der Waals surface area contributed by atoms with Crippen molar-refractivity contribution < 1.29 is 4.74 Å². The van der Waals surface area contributed by atoms with Crippen LogP contribution in [0, 0.1) is 0 Å². The van der Waals surface area contributed by atoms with Crippen LogP contribution in [0.15, 0.2) is 0 Å². The van der Waals surface area contributed by atoms with Gasteiger partial charge in [-0.2, -0.15) is 0 Å². The highest BCUT2D eigenvalue weighted by atomic mass is 16.5. The first-order chi connectivity index (χ1) is 8.21. The van der Waals surface area contributed by atoms with Crippen LogP contribution in [-0.4, -0.2) is 49.8 Å².